The minimum Gasteiger partial charge on any atom is -0.508 e. The molecule has 3 aromatic rings. The molecule has 2 nitrogen and oxygen atoms in total. The summed E-state index contributed by atoms with van der Waals surface area (Å²) in [5.74, 6) is 0.352. The topological polar surface area (TPSA) is 23.5 Å². The van der Waals surface area contributed by atoms with E-state index in [2.05, 4.69) is 65.0 Å². The standard InChI is InChI=1S/C21H22BrNO/c1-3-23(4-2)21(16-9-7-10-17(22)14-16)20-18-11-6-5-8-15(18)12-13-19(20)24/h5-14,21,24H,3-4H2,1-2H3. The Hall–Kier alpha value is -1.84. The van der Waals surface area contributed by atoms with Crippen LogP contribution in [0.4, 0.5) is 0 Å². The van der Waals surface area contributed by atoms with Gasteiger partial charge in [0.05, 0.1) is 6.04 Å². The van der Waals surface area contributed by atoms with E-state index in [4.69, 9.17) is 0 Å². The Morgan fingerprint density at radius 2 is 1.71 bits per heavy atom. The first-order chi connectivity index (χ1) is 11.7. The third-order valence-corrected chi connectivity index (χ3v) is 5.06. The SMILES string of the molecule is CCN(CC)C(c1cccc(Br)c1)c1c(O)ccc2ccccc12. The van der Waals surface area contributed by atoms with Crippen molar-refractivity contribution < 1.29 is 5.11 Å². The van der Waals surface area contributed by atoms with Crippen molar-refractivity contribution in [2.75, 3.05) is 13.1 Å². The second kappa shape index (κ2) is 7.37. The molecule has 124 valence electrons. The van der Waals surface area contributed by atoms with E-state index in [1.54, 1.807) is 0 Å². The predicted octanol–water partition coefficient (Wildman–Crippen LogP) is 5.74. The van der Waals surface area contributed by atoms with Crippen molar-refractivity contribution in [2.45, 2.75) is 19.9 Å². The van der Waals surface area contributed by atoms with Crippen LogP contribution in [-0.2, 0) is 0 Å². The van der Waals surface area contributed by atoms with Crippen molar-refractivity contribution >= 4 is 26.7 Å². The van der Waals surface area contributed by atoms with Crippen molar-refractivity contribution in [1.29, 1.82) is 0 Å². The smallest absolute Gasteiger partial charge is 0.121 e. The van der Waals surface area contributed by atoms with Crippen molar-refractivity contribution in [3.05, 3.63) is 76.3 Å². The van der Waals surface area contributed by atoms with Gasteiger partial charge in [0.1, 0.15) is 5.75 Å². The van der Waals surface area contributed by atoms with E-state index < -0.39 is 0 Å². The number of hydrogen-bond acceptors (Lipinski definition) is 2. The van der Waals surface area contributed by atoms with Crippen LogP contribution in [0.2, 0.25) is 0 Å². The highest BCUT2D eigenvalue weighted by Gasteiger charge is 2.25. The maximum Gasteiger partial charge on any atom is 0.121 e. The molecule has 3 aromatic carbocycles. The fraction of sp³-hybridized carbons (Fsp3) is 0.238. The van der Waals surface area contributed by atoms with Gasteiger partial charge < -0.3 is 5.11 Å². The molecule has 0 aromatic heterocycles. The zero-order valence-corrected chi connectivity index (χ0v) is 15.6. The Morgan fingerprint density at radius 3 is 2.42 bits per heavy atom. The minimum absolute atomic E-state index is 0.0172. The van der Waals surface area contributed by atoms with E-state index >= 15 is 0 Å². The third-order valence-electron chi connectivity index (χ3n) is 4.56. The molecule has 0 aliphatic rings. The van der Waals surface area contributed by atoms with Crippen LogP contribution in [0.1, 0.15) is 31.0 Å². The quantitative estimate of drug-likeness (QED) is 0.607. The number of benzene rings is 3. The Kier molecular flexibility index (Phi) is 5.22. The largest absolute Gasteiger partial charge is 0.508 e. The van der Waals surface area contributed by atoms with Crippen LogP contribution in [0.5, 0.6) is 5.75 Å². The summed E-state index contributed by atoms with van der Waals surface area (Å²) < 4.78 is 1.05. The summed E-state index contributed by atoms with van der Waals surface area (Å²) in [5.41, 5.74) is 2.16. The van der Waals surface area contributed by atoms with E-state index in [0.717, 1.165) is 33.9 Å². The predicted molar refractivity (Wildman–Crippen MR) is 105 cm³/mol. The summed E-state index contributed by atoms with van der Waals surface area (Å²) in [5, 5.41) is 13.0. The highest BCUT2D eigenvalue weighted by Crippen LogP contribution is 2.39. The normalized spacial score (nSPS) is 12.7. The molecule has 1 N–H and O–H groups in total. The molecule has 24 heavy (non-hydrogen) atoms. The maximum atomic E-state index is 10.7. The highest BCUT2D eigenvalue weighted by atomic mass is 79.9. The van der Waals surface area contributed by atoms with E-state index in [9.17, 15) is 5.11 Å². The van der Waals surface area contributed by atoms with Gasteiger partial charge in [0.2, 0.25) is 0 Å². The van der Waals surface area contributed by atoms with Crippen LogP contribution >= 0.6 is 15.9 Å². The van der Waals surface area contributed by atoms with Crippen LogP contribution in [0.25, 0.3) is 10.8 Å². The van der Waals surface area contributed by atoms with Gasteiger partial charge in [0, 0.05) is 10.0 Å². The highest BCUT2D eigenvalue weighted by molar-refractivity contribution is 9.10. The van der Waals surface area contributed by atoms with E-state index in [0.29, 0.717) is 5.75 Å². The summed E-state index contributed by atoms with van der Waals surface area (Å²) in [6, 6.07) is 20.4. The maximum absolute atomic E-state index is 10.7. The fourth-order valence-electron chi connectivity index (χ4n) is 3.40. The molecular formula is C21H22BrNO. The lowest BCUT2D eigenvalue weighted by Gasteiger charge is -2.32. The van der Waals surface area contributed by atoms with Gasteiger partial charge in [-0.25, -0.2) is 0 Å². The Bertz CT molecular complexity index is 842. The first kappa shape index (κ1) is 17.0. The van der Waals surface area contributed by atoms with Crippen molar-refractivity contribution in [3.63, 3.8) is 0 Å². The molecule has 0 saturated carbocycles. The van der Waals surface area contributed by atoms with E-state index in [1.165, 1.54) is 5.56 Å². The van der Waals surface area contributed by atoms with Crippen LogP contribution in [0.15, 0.2) is 65.1 Å². The molecule has 0 amide bonds. The van der Waals surface area contributed by atoms with Gasteiger partial charge in [-0.1, -0.05) is 72.2 Å². The number of phenolic OH excluding ortho intramolecular Hbond substituents is 1. The molecule has 3 heteroatoms. The molecule has 0 radical (unpaired) electrons. The lowest BCUT2D eigenvalue weighted by molar-refractivity contribution is 0.247. The van der Waals surface area contributed by atoms with Crippen LogP contribution in [0.3, 0.4) is 0 Å². The van der Waals surface area contributed by atoms with Gasteiger partial charge >= 0.3 is 0 Å². The van der Waals surface area contributed by atoms with Crippen LogP contribution < -0.4 is 0 Å². The summed E-state index contributed by atoms with van der Waals surface area (Å²) in [6.07, 6.45) is 0. The van der Waals surface area contributed by atoms with Gasteiger partial charge in [0.25, 0.3) is 0 Å². The van der Waals surface area contributed by atoms with E-state index in [-0.39, 0.29) is 6.04 Å². The number of hydrogen-bond donors (Lipinski definition) is 1. The van der Waals surface area contributed by atoms with Gasteiger partial charge in [-0.3, -0.25) is 4.90 Å². The molecule has 3 rings (SSSR count). The molecule has 0 aliphatic heterocycles. The summed E-state index contributed by atoms with van der Waals surface area (Å²) in [7, 11) is 0. The summed E-state index contributed by atoms with van der Waals surface area (Å²) in [6.45, 7) is 6.15. The Morgan fingerprint density at radius 1 is 0.958 bits per heavy atom. The monoisotopic (exact) mass is 383 g/mol. The number of fused-ring (bicyclic) bond motifs is 1. The van der Waals surface area contributed by atoms with Gasteiger partial charge in [0.15, 0.2) is 0 Å². The number of rotatable bonds is 5. The molecule has 0 aliphatic carbocycles. The van der Waals surface area contributed by atoms with Gasteiger partial charge in [-0.05, 0) is 47.6 Å². The molecule has 0 fully saturated rings. The molecular weight excluding hydrogens is 362 g/mol. The van der Waals surface area contributed by atoms with E-state index in [1.807, 2.05) is 30.3 Å². The second-order valence-corrected chi connectivity index (χ2v) is 6.81. The molecule has 1 unspecified atom stereocenters. The van der Waals surface area contributed by atoms with Gasteiger partial charge in [-0.15, -0.1) is 0 Å². The fourth-order valence-corrected chi connectivity index (χ4v) is 3.81. The minimum atomic E-state index is 0.0172. The van der Waals surface area contributed by atoms with Gasteiger partial charge in [-0.2, -0.15) is 0 Å². The number of halogens is 1. The first-order valence-corrected chi connectivity index (χ1v) is 9.15. The van der Waals surface area contributed by atoms with Crippen LogP contribution in [-0.4, -0.2) is 23.1 Å². The first-order valence-electron chi connectivity index (χ1n) is 8.35. The van der Waals surface area contributed by atoms with Crippen molar-refractivity contribution in [1.82, 2.24) is 4.90 Å². The Balaban J connectivity index is 2.28. The molecule has 0 saturated heterocycles. The lowest BCUT2D eigenvalue weighted by Crippen LogP contribution is -2.29. The average molecular weight is 384 g/mol. The summed E-state index contributed by atoms with van der Waals surface area (Å²) in [4.78, 5) is 2.38. The number of aromatic hydroxyl groups is 1. The third kappa shape index (κ3) is 3.19. The summed E-state index contributed by atoms with van der Waals surface area (Å²) >= 11 is 3.58. The zero-order valence-electron chi connectivity index (χ0n) is 14.0. The van der Waals surface area contributed by atoms with Crippen LogP contribution in [0, 0.1) is 0 Å². The van der Waals surface area contributed by atoms with Crippen molar-refractivity contribution in [2.24, 2.45) is 0 Å². The zero-order chi connectivity index (χ0) is 17.1. The van der Waals surface area contributed by atoms with Crippen molar-refractivity contribution in [3.8, 4) is 5.75 Å². The molecule has 0 spiro atoms. The number of phenols is 1. The average Bonchev–Trinajstić information content (AvgIpc) is 2.60. The second-order valence-electron chi connectivity index (χ2n) is 5.90. The number of nitrogens with zero attached hydrogens (tertiary/aromatic N) is 1. The molecule has 1 atom stereocenters. The Labute approximate surface area is 151 Å². The molecule has 0 bridgehead atoms. The lowest BCUT2D eigenvalue weighted by atomic mass is 9.91. The molecule has 0 heterocycles.